The Labute approximate surface area is 205 Å². The summed E-state index contributed by atoms with van der Waals surface area (Å²) in [5, 5.41) is 13.8. The van der Waals surface area contributed by atoms with Crippen molar-refractivity contribution in [2.75, 3.05) is 0 Å². The van der Waals surface area contributed by atoms with Gasteiger partial charge in [-0.1, -0.05) is 119 Å². The van der Waals surface area contributed by atoms with Gasteiger partial charge in [-0.15, -0.1) is 0 Å². The number of nitrogens with zero attached hydrogens (tertiary/aromatic N) is 2. The molecule has 1 aliphatic rings. The van der Waals surface area contributed by atoms with Crippen molar-refractivity contribution in [3.8, 4) is 0 Å². The summed E-state index contributed by atoms with van der Waals surface area (Å²) in [6.07, 6.45) is 0.728. The molecule has 3 aromatic carbocycles. The summed E-state index contributed by atoms with van der Waals surface area (Å²) in [7, 11) is 0. The van der Waals surface area contributed by atoms with E-state index in [9.17, 15) is 5.21 Å². The minimum absolute atomic E-state index is 0.116. The van der Waals surface area contributed by atoms with Gasteiger partial charge >= 0.3 is 0 Å². The summed E-state index contributed by atoms with van der Waals surface area (Å²) >= 11 is 0. The van der Waals surface area contributed by atoms with Gasteiger partial charge in [0.15, 0.2) is 0 Å². The Kier molecular flexibility index (Phi) is 7.53. The van der Waals surface area contributed by atoms with Crippen molar-refractivity contribution in [3.05, 3.63) is 107 Å². The van der Waals surface area contributed by atoms with E-state index in [2.05, 4.69) is 124 Å². The molecule has 1 heterocycles. The first-order chi connectivity index (χ1) is 16.4. The molecule has 0 saturated carbocycles. The van der Waals surface area contributed by atoms with Crippen LogP contribution < -0.4 is 0 Å². The molecule has 1 fully saturated rings. The van der Waals surface area contributed by atoms with Crippen LogP contribution in [0.3, 0.4) is 0 Å². The monoisotopic (exact) mass is 454 g/mol. The lowest BCUT2D eigenvalue weighted by atomic mass is 9.78. The van der Waals surface area contributed by atoms with Crippen LogP contribution in [-0.2, 0) is 6.54 Å². The van der Waals surface area contributed by atoms with Crippen molar-refractivity contribution in [2.24, 2.45) is 11.1 Å². The summed E-state index contributed by atoms with van der Waals surface area (Å²) in [5.41, 5.74) is 7.42. The number of benzene rings is 3. The lowest BCUT2D eigenvalue weighted by molar-refractivity contribution is 0.0849. The van der Waals surface area contributed by atoms with Crippen LogP contribution in [-0.4, -0.2) is 15.8 Å². The number of piperidine rings is 1. The maximum atomic E-state index is 9.97. The molecule has 0 aliphatic carbocycles. The molecule has 1 saturated heterocycles. The molecule has 0 bridgehead atoms. The fourth-order valence-electron chi connectivity index (χ4n) is 5.27. The van der Waals surface area contributed by atoms with Gasteiger partial charge in [0.05, 0.1) is 5.71 Å². The zero-order valence-electron chi connectivity index (χ0n) is 21.1. The average Bonchev–Trinajstić information content (AvgIpc) is 2.85. The van der Waals surface area contributed by atoms with E-state index in [1.165, 1.54) is 27.8 Å². The normalized spacial score (nSPS) is 22.6. The fraction of sp³-hybridized carbons (Fsp3) is 0.387. The molecule has 3 heteroatoms. The Morgan fingerprint density at radius 2 is 1.32 bits per heavy atom. The van der Waals surface area contributed by atoms with E-state index in [4.69, 9.17) is 0 Å². The molecule has 3 nitrogen and oxygen atoms in total. The predicted molar refractivity (Wildman–Crippen MR) is 142 cm³/mol. The van der Waals surface area contributed by atoms with E-state index >= 15 is 0 Å². The summed E-state index contributed by atoms with van der Waals surface area (Å²) < 4.78 is 0. The first kappa shape index (κ1) is 24.2. The van der Waals surface area contributed by atoms with Gasteiger partial charge in [0.2, 0.25) is 0 Å². The molecular weight excluding hydrogens is 416 g/mol. The fourth-order valence-corrected chi connectivity index (χ4v) is 5.27. The molecule has 0 radical (unpaired) electrons. The number of rotatable bonds is 6. The maximum absolute atomic E-state index is 9.97. The van der Waals surface area contributed by atoms with Gasteiger partial charge in [0.25, 0.3) is 0 Å². The molecule has 3 unspecified atom stereocenters. The second-order valence-corrected chi connectivity index (χ2v) is 10.3. The SMILES string of the molecule is CC(C)c1ccc(C2CC(=NO)C(C)C(c3ccc(C(C)C)cc3)N2Cc2ccccc2)cc1. The van der Waals surface area contributed by atoms with Gasteiger partial charge in [0.1, 0.15) is 0 Å². The van der Waals surface area contributed by atoms with Crippen LogP contribution >= 0.6 is 0 Å². The van der Waals surface area contributed by atoms with Crippen molar-refractivity contribution < 1.29 is 5.21 Å². The van der Waals surface area contributed by atoms with Gasteiger partial charge < -0.3 is 5.21 Å². The zero-order valence-corrected chi connectivity index (χ0v) is 21.1. The molecule has 4 rings (SSSR count). The van der Waals surface area contributed by atoms with Crippen molar-refractivity contribution in [1.29, 1.82) is 0 Å². The number of oxime groups is 1. The van der Waals surface area contributed by atoms with Crippen LogP contribution in [0.15, 0.2) is 84.0 Å². The highest BCUT2D eigenvalue weighted by atomic mass is 16.4. The van der Waals surface area contributed by atoms with E-state index < -0.39 is 0 Å². The standard InChI is InChI=1S/C31H38N2O/c1-21(2)25-11-15-27(16-12-25)30-19-29(32-34)23(5)31(28-17-13-26(14-18-28)22(3)4)33(30)20-24-9-7-6-8-10-24/h6-18,21-23,30-31,34H,19-20H2,1-5H3. The van der Waals surface area contributed by atoms with Crippen LogP contribution in [0.4, 0.5) is 0 Å². The second-order valence-electron chi connectivity index (χ2n) is 10.3. The zero-order chi connectivity index (χ0) is 24.2. The minimum Gasteiger partial charge on any atom is -0.411 e. The van der Waals surface area contributed by atoms with E-state index in [0.29, 0.717) is 11.8 Å². The van der Waals surface area contributed by atoms with Crippen LogP contribution in [0.1, 0.15) is 92.8 Å². The first-order valence-corrected chi connectivity index (χ1v) is 12.6. The Bertz CT molecular complexity index is 1080. The van der Waals surface area contributed by atoms with Crippen LogP contribution in [0.5, 0.6) is 0 Å². The number of likely N-dealkylation sites (tertiary alicyclic amines) is 1. The van der Waals surface area contributed by atoms with E-state index in [-0.39, 0.29) is 18.0 Å². The molecule has 178 valence electrons. The molecule has 34 heavy (non-hydrogen) atoms. The average molecular weight is 455 g/mol. The summed E-state index contributed by atoms with van der Waals surface area (Å²) in [6.45, 7) is 12.0. The van der Waals surface area contributed by atoms with Gasteiger partial charge in [-0.25, -0.2) is 0 Å². The third-order valence-electron chi connectivity index (χ3n) is 7.43. The van der Waals surface area contributed by atoms with Crippen molar-refractivity contribution in [3.63, 3.8) is 0 Å². The second kappa shape index (κ2) is 10.6. The molecule has 0 aromatic heterocycles. The van der Waals surface area contributed by atoms with Gasteiger partial charge in [-0.3, -0.25) is 4.90 Å². The predicted octanol–water partition coefficient (Wildman–Crippen LogP) is 8.09. The Morgan fingerprint density at radius 3 is 1.82 bits per heavy atom. The van der Waals surface area contributed by atoms with Crippen molar-refractivity contribution >= 4 is 5.71 Å². The first-order valence-electron chi connectivity index (χ1n) is 12.6. The minimum atomic E-state index is 0.116. The van der Waals surface area contributed by atoms with Gasteiger partial charge in [-0.05, 0) is 39.7 Å². The van der Waals surface area contributed by atoms with E-state index in [1.807, 2.05) is 0 Å². The highest BCUT2D eigenvalue weighted by molar-refractivity contribution is 5.88. The maximum Gasteiger partial charge on any atom is 0.0636 e. The van der Waals surface area contributed by atoms with Gasteiger partial charge in [0, 0.05) is 31.0 Å². The molecule has 3 aromatic rings. The highest BCUT2D eigenvalue weighted by Crippen LogP contribution is 2.45. The number of hydrogen-bond donors (Lipinski definition) is 1. The summed E-state index contributed by atoms with van der Waals surface area (Å²) in [4.78, 5) is 2.61. The lowest BCUT2D eigenvalue weighted by Crippen LogP contribution is -2.44. The molecule has 1 aliphatic heterocycles. The number of hydrogen-bond acceptors (Lipinski definition) is 3. The van der Waals surface area contributed by atoms with Crippen molar-refractivity contribution in [1.82, 2.24) is 4.90 Å². The molecule has 1 N–H and O–H groups in total. The molecule has 0 amide bonds. The van der Waals surface area contributed by atoms with Crippen molar-refractivity contribution in [2.45, 2.75) is 71.5 Å². The van der Waals surface area contributed by atoms with E-state index in [0.717, 1.165) is 18.7 Å². The summed E-state index contributed by atoms with van der Waals surface area (Å²) in [5.74, 6) is 1.12. The molecular formula is C31H38N2O. The Balaban J connectivity index is 1.79. The Hall–Kier alpha value is -2.91. The highest BCUT2D eigenvalue weighted by Gasteiger charge is 2.40. The van der Waals surface area contributed by atoms with E-state index in [1.54, 1.807) is 0 Å². The smallest absolute Gasteiger partial charge is 0.0636 e. The van der Waals surface area contributed by atoms with Crippen LogP contribution in [0, 0.1) is 5.92 Å². The quantitative estimate of drug-likeness (QED) is 0.302. The summed E-state index contributed by atoms with van der Waals surface area (Å²) in [6, 6.07) is 29.1. The topological polar surface area (TPSA) is 35.8 Å². The molecule has 3 atom stereocenters. The van der Waals surface area contributed by atoms with Gasteiger partial charge in [-0.2, -0.15) is 0 Å². The lowest BCUT2D eigenvalue weighted by Gasteiger charge is -2.46. The third kappa shape index (κ3) is 5.10. The largest absolute Gasteiger partial charge is 0.411 e. The Morgan fingerprint density at radius 1 is 0.794 bits per heavy atom. The van der Waals surface area contributed by atoms with Crippen LogP contribution in [0.2, 0.25) is 0 Å². The molecule has 0 spiro atoms. The third-order valence-corrected chi connectivity index (χ3v) is 7.43. The van der Waals surface area contributed by atoms with Crippen LogP contribution in [0.25, 0.3) is 0 Å².